The molecular weight excluding hydrogens is 327 g/mol. The minimum atomic E-state index is -3.12. The topological polar surface area (TPSA) is 59.1 Å². The van der Waals surface area contributed by atoms with Crippen LogP contribution in [0.4, 0.5) is 0 Å². The fraction of sp³-hybridized carbons (Fsp3) is 0.444. The molecule has 0 amide bonds. The smallest absolute Gasteiger partial charge is 0.211 e. The Balaban J connectivity index is 2.43. The lowest BCUT2D eigenvalue weighted by Gasteiger charge is -2.04. The van der Waals surface area contributed by atoms with Gasteiger partial charge in [0.15, 0.2) is 0 Å². The summed E-state index contributed by atoms with van der Waals surface area (Å²) in [6, 6.07) is 3.65. The van der Waals surface area contributed by atoms with E-state index in [1.54, 1.807) is 12.4 Å². The summed E-state index contributed by atoms with van der Waals surface area (Å²) in [5, 5.41) is 0. The van der Waals surface area contributed by atoms with Crippen molar-refractivity contribution in [1.29, 1.82) is 0 Å². The lowest BCUT2D eigenvalue weighted by atomic mass is 10.2. The average molecular weight is 340 g/mol. The first-order valence-corrected chi connectivity index (χ1v) is 7.74. The molecule has 0 aliphatic rings. The summed E-state index contributed by atoms with van der Waals surface area (Å²) in [6.45, 7) is 0.499. The predicted molar refractivity (Wildman–Crippen MR) is 68.6 cm³/mol. The Kier molecular flexibility index (Phi) is 5.48. The Morgan fingerprint density at radius 2 is 2.00 bits per heavy atom. The Labute approximate surface area is 104 Å². The second kappa shape index (κ2) is 6.39. The zero-order chi connectivity index (χ0) is 11.1. The second-order valence-corrected chi connectivity index (χ2v) is 6.01. The van der Waals surface area contributed by atoms with Gasteiger partial charge in [-0.1, -0.05) is 22.6 Å². The number of rotatable bonds is 6. The third-order valence-corrected chi connectivity index (χ3v) is 3.75. The maximum atomic E-state index is 11.4. The zero-order valence-electron chi connectivity index (χ0n) is 8.19. The van der Waals surface area contributed by atoms with Gasteiger partial charge < -0.3 is 0 Å². The summed E-state index contributed by atoms with van der Waals surface area (Å²) < 4.78 is 26.2. The first-order chi connectivity index (χ1) is 7.14. The normalized spacial score (nSPS) is 11.5. The van der Waals surface area contributed by atoms with Crippen LogP contribution in [0.5, 0.6) is 0 Å². The summed E-state index contributed by atoms with van der Waals surface area (Å²) in [5.74, 6) is 0.133. The molecule has 0 atom stereocenters. The highest BCUT2D eigenvalue weighted by molar-refractivity contribution is 14.1. The van der Waals surface area contributed by atoms with Gasteiger partial charge in [-0.05, 0) is 24.1 Å². The molecule has 0 fully saturated rings. The van der Waals surface area contributed by atoms with Crippen LogP contribution in [0.3, 0.4) is 0 Å². The largest absolute Gasteiger partial charge is 0.265 e. The third-order valence-electron chi connectivity index (χ3n) is 1.83. The lowest BCUT2D eigenvalue weighted by molar-refractivity contribution is 0.583. The molecule has 0 radical (unpaired) electrons. The van der Waals surface area contributed by atoms with E-state index in [4.69, 9.17) is 0 Å². The van der Waals surface area contributed by atoms with Crippen LogP contribution >= 0.6 is 22.6 Å². The molecule has 84 valence electrons. The molecule has 15 heavy (non-hydrogen) atoms. The van der Waals surface area contributed by atoms with Gasteiger partial charge in [0.1, 0.15) is 0 Å². The minimum absolute atomic E-state index is 0.133. The van der Waals surface area contributed by atoms with Gasteiger partial charge in [-0.15, -0.1) is 0 Å². The van der Waals surface area contributed by atoms with Crippen molar-refractivity contribution < 1.29 is 8.42 Å². The molecule has 0 bridgehead atoms. The SMILES string of the molecule is O=S(=O)(CCc1ccncc1)NCCI. The van der Waals surface area contributed by atoms with Crippen LogP contribution in [0.25, 0.3) is 0 Å². The first-order valence-electron chi connectivity index (χ1n) is 4.56. The van der Waals surface area contributed by atoms with Gasteiger partial charge in [0.05, 0.1) is 5.75 Å². The second-order valence-electron chi connectivity index (χ2n) is 3.01. The van der Waals surface area contributed by atoms with Gasteiger partial charge in [0.2, 0.25) is 10.0 Å². The van der Waals surface area contributed by atoms with E-state index in [0.29, 0.717) is 13.0 Å². The summed E-state index contributed by atoms with van der Waals surface area (Å²) in [6.07, 6.45) is 3.86. The molecule has 1 aromatic rings. The van der Waals surface area contributed by atoms with Gasteiger partial charge in [0.25, 0.3) is 0 Å². The van der Waals surface area contributed by atoms with Gasteiger partial charge >= 0.3 is 0 Å². The highest BCUT2D eigenvalue weighted by atomic mass is 127. The van der Waals surface area contributed by atoms with Crippen molar-refractivity contribution >= 4 is 32.6 Å². The van der Waals surface area contributed by atoms with Crippen molar-refractivity contribution in [3.8, 4) is 0 Å². The Morgan fingerprint density at radius 3 is 2.60 bits per heavy atom. The van der Waals surface area contributed by atoms with E-state index >= 15 is 0 Å². The third kappa shape index (κ3) is 5.43. The average Bonchev–Trinajstić information content (AvgIpc) is 2.25. The lowest BCUT2D eigenvalue weighted by Crippen LogP contribution is -2.28. The Morgan fingerprint density at radius 1 is 1.33 bits per heavy atom. The van der Waals surface area contributed by atoms with E-state index in [2.05, 4.69) is 32.3 Å². The van der Waals surface area contributed by atoms with Crippen LogP contribution in [0.2, 0.25) is 0 Å². The molecule has 0 aromatic carbocycles. The number of sulfonamides is 1. The number of nitrogens with zero attached hydrogens (tertiary/aromatic N) is 1. The van der Waals surface area contributed by atoms with E-state index in [0.717, 1.165) is 9.99 Å². The first kappa shape index (κ1) is 12.9. The van der Waals surface area contributed by atoms with E-state index in [-0.39, 0.29) is 5.75 Å². The van der Waals surface area contributed by atoms with Crippen LogP contribution < -0.4 is 4.72 Å². The van der Waals surface area contributed by atoms with Crippen molar-refractivity contribution in [1.82, 2.24) is 9.71 Å². The monoisotopic (exact) mass is 340 g/mol. The van der Waals surface area contributed by atoms with Crippen LogP contribution in [0.1, 0.15) is 5.56 Å². The van der Waals surface area contributed by atoms with Crippen molar-refractivity contribution in [2.24, 2.45) is 0 Å². The quantitative estimate of drug-likeness (QED) is 0.620. The molecule has 0 aliphatic heterocycles. The van der Waals surface area contributed by atoms with Crippen molar-refractivity contribution in [3.63, 3.8) is 0 Å². The van der Waals surface area contributed by atoms with E-state index in [1.807, 2.05) is 12.1 Å². The summed E-state index contributed by atoms with van der Waals surface area (Å²) in [7, 11) is -3.12. The van der Waals surface area contributed by atoms with Crippen LogP contribution in [0.15, 0.2) is 24.5 Å². The fourth-order valence-corrected chi connectivity index (χ4v) is 2.77. The summed E-state index contributed by atoms with van der Waals surface area (Å²) in [4.78, 5) is 3.87. The molecule has 0 saturated heterocycles. The standard InChI is InChI=1S/C9H13IN2O2S/c10-4-7-12-15(13,14)8-3-9-1-5-11-6-2-9/h1-2,5-6,12H,3-4,7-8H2. The number of aromatic nitrogens is 1. The van der Waals surface area contributed by atoms with Gasteiger partial charge in [-0.25, -0.2) is 13.1 Å². The number of alkyl halides is 1. The Hall–Kier alpha value is -0.210. The molecule has 4 nitrogen and oxygen atoms in total. The molecule has 1 heterocycles. The molecule has 0 spiro atoms. The molecular formula is C9H13IN2O2S. The van der Waals surface area contributed by atoms with Gasteiger partial charge in [0, 0.05) is 23.4 Å². The number of aryl methyl sites for hydroxylation is 1. The number of hydrogen-bond acceptors (Lipinski definition) is 3. The van der Waals surface area contributed by atoms with Gasteiger partial charge in [-0.2, -0.15) is 0 Å². The maximum Gasteiger partial charge on any atom is 0.211 e. The van der Waals surface area contributed by atoms with Crippen LogP contribution in [-0.2, 0) is 16.4 Å². The van der Waals surface area contributed by atoms with Crippen molar-refractivity contribution in [2.45, 2.75) is 6.42 Å². The van der Waals surface area contributed by atoms with E-state index < -0.39 is 10.0 Å². The van der Waals surface area contributed by atoms with Crippen LogP contribution in [0, 0.1) is 0 Å². The zero-order valence-corrected chi connectivity index (χ0v) is 11.2. The molecule has 1 rings (SSSR count). The van der Waals surface area contributed by atoms with E-state index in [9.17, 15) is 8.42 Å². The predicted octanol–water partition coefficient (Wildman–Crippen LogP) is 0.979. The molecule has 0 aliphatic carbocycles. The number of nitrogens with one attached hydrogen (secondary N) is 1. The molecule has 0 saturated carbocycles. The van der Waals surface area contributed by atoms with Gasteiger partial charge in [-0.3, -0.25) is 4.98 Å². The number of halogens is 1. The van der Waals surface area contributed by atoms with Crippen molar-refractivity contribution in [2.75, 3.05) is 16.7 Å². The highest BCUT2D eigenvalue weighted by Gasteiger charge is 2.08. The molecule has 1 aromatic heterocycles. The minimum Gasteiger partial charge on any atom is -0.265 e. The maximum absolute atomic E-state index is 11.4. The van der Waals surface area contributed by atoms with Crippen molar-refractivity contribution in [3.05, 3.63) is 30.1 Å². The summed E-state index contributed by atoms with van der Waals surface area (Å²) >= 11 is 2.13. The highest BCUT2D eigenvalue weighted by Crippen LogP contribution is 1.99. The van der Waals surface area contributed by atoms with Crippen LogP contribution in [-0.4, -0.2) is 30.1 Å². The van der Waals surface area contributed by atoms with E-state index in [1.165, 1.54) is 0 Å². The Bertz CT molecular complexity index is 380. The number of pyridine rings is 1. The summed E-state index contributed by atoms with van der Waals surface area (Å²) in [5.41, 5.74) is 0.991. The molecule has 1 N–H and O–H groups in total. The number of hydrogen-bond donors (Lipinski definition) is 1. The molecule has 0 unspecified atom stereocenters. The molecule has 6 heteroatoms. The fourth-order valence-electron chi connectivity index (χ4n) is 1.07.